The fourth-order valence-electron chi connectivity index (χ4n) is 2.11. The van der Waals surface area contributed by atoms with Crippen molar-refractivity contribution in [1.82, 2.24) is 10.2 Å². The molecule has 1 fully saturated rings. The number of carbonyl (C=O) groups is 1. The molecule has 1 rings (SSSR count). The van der Waals surface area contributed by atoms with Crippen LogP contribution in [0.1, 0.15) is 19.8 Å². The minimum absolute atomic E-state index is 0.167. The Labute approximate surface area is 115 Å². The second-order valence-electron chi connectivity index (χ2n) is 4.87. The van der Waals surface area contributed by atoms with Gasteiger partial charge in [-0.25, -0.2) is 0 Å². The highest BCUT2D eigenvalue weighted by Crippen LogP contribution is 2.10. The fraction of sp³-hybridized carbons (Fsp3) is 0.533. The lowest BCUT2D eigenvalue weighted by Gasteiger charge is -2.30. The van der Waals surface area contributed by atoms with Gasteiger partial charge in [0.05, 0.1) is 0 Å². The van der Waals surface area contributed by atoms with Crippen LogP contribution >= 0.6 is 0 Å². The molecule has 19 heavy (non-hydrogen) atoms. The Hall–Kier alpha value is -1.39. The number of nitrogens with one attached hydrogen (secondary N) is 1. The van der Waals surface area contributed by atoms with Crippen LogP contribution in [0.15, 0.2) is 36.5 Å². The summed E-state index contributed by atoms with van der Waals surface area (Å²) in [5.41, 5.74) is 0.588. The molecule has 106 valence electrons. The quantitative estimate of drug-likeness (QED) is 0.735. The van der Waals surface area contributed by atoms with E-state index in [0.29, 0.717) is 5.57 Å². The van der Waals surface area contributed by atoms with E-state index in [1.165, 1.54) is 0 Å². The molecule has 0 bridgehead atoms. The largest absolute Gasteiger partial charge is 0.378 e. The molecular weight excluding hydrogens is 240 g/mol. The van der Waals surface area contributed by atoms with E-state index in [9.17, 15) is 9.90 Å². The minimum atomic E-state index is -1.11. The van der Waals surface area contributed by atoms with Crippen molar-refractivity contribution in [1.29, 1.82) is 0 Å². The van der Waals surface area contributed by atoms with Gasteiger partial charge in [0.2, 0.25) is 0 Å². The lowest BCUT2D eigenvalue weighted by atomic mass is 10.0. The number of piperidine rings is 1. The summed E-state index contributed by atoms with van der Waals surface area (Å²) in [6.45, 7) is 7.33. The summed E-state index contributed by atoms with van der Waals surface area (Å²) in [5, 5.41) is 12.9. The van der Waals surface area contributed by atoms with Gasteiger partial charge in [0.25, 0.3) is 5.91 Å². The number of allylic oxidation sites excluding steroid dienone is 3. The molecular formula is C15H24N2O2. The van der Waals surface area contributed by atoms with E-state index in [4.69, 9.17) is 0 Å². The normalized spacial score (nSPS) is 20.5. The first-order valence-electron chi connectivity index (χ1n) is 6.70. The van der Waals surface area contributed by atoms with Crippen molar-refractivity contribution in [3.8, 4) is 0 Å². The number of hydrogen-bond acceptors (Lipinski definition) is 3. The molecule has 1 saturated heterocycles. The van der Waals surface area contributed by atoms with Crippen LogP contribution in [0.2, 0.25) is 0 Å². The van der Waals surface area contributed by atoms with E-state index < -0.39 is 6.10 Å². The average molecular weight is 264 g/mol. The summed E-state index contributed by atoms with van der Waals surface area (Å²) in [6.07, 6.45) is 7.52. The van der Waals surface area contributed by atoms with Gasteiger partial charge in [0.1, 0.15) is 0 Å². The van der Waals surface area contributed by atoms with Gasteiger partial charge in [-0.05, 0) is 45.5 Å². The third-order valence-electron chi connectivity index (χ3n) is 3.39. The summed E-state index contributed by atoms with van der Waals surface area (Å²) in [5.74, 6) is -0.323. The van der Waals surface area contributed by atoms with Gasteiger partial charge in [0.15, 0.2) is 6.10 Å². The lowest BCUT2D eigenvalue weighted by molar-refractivity contribution is -0.128. The zero-order valence-electron chi connectivity index (χ0n) is 11.8. The predicted octanol–water partition coefficient (Wildman–Crippen LogP) is 1.25. The second-order valence-corrected chi connectivity index (χ2v) is 4.87. The van der Waals surface area contributed by atoms with Crippen LogP contribution in [0.5, 0.6) is 0 Å². The Morgan fingerprint density at radius 2 is 2.11 bits per heavy atom. The van der Waals surface area contributed by atoms with Crippen LogP contribution in [0, 0.1) is 0 Å². The molecule has 2 N–H and O–H groups in total. The van der Waals surface area contributed by atoms with Crippen LogP contribution in [0.3, 0.4) is 0 Å². The predicted molar refractivity (Wildman–Crippen MR) is 77.8 cm³/mol. The molecule has 1 atom stereocenters. The molecule has 0 aromatic rings. The number of carbonyl (C=O) groups excluding carboxylic acids is 1. The number of amides is 1. The monoisotopic (exact) mass is 264 g/mol. The Morgan fingerprint density at radius 1 is 1.47 bits per heavy atom. The van der Waals surface area contributed by atoms with Crippen LogP contribution in [-0.2, 0) is 4.79 Å². The van der Waals surface area contributed by atoms with E-state index in [-0.39, 0.29) is 11.9 Å². The highest BCUT2D eigenvalue weighted by Gasteiger charge is 2.23. The zero-order valence-corrected chi connectivity index (χ0v) is 11.8. The van der Waals surface area contributed by atoms with Gasteiger partial charge < -0.3 is 15.3 Å². The van der Waals surface area contributed by atoms with Crippen molar-refractivity contribution in [2.75, 3.05) is 20.1 Å². The molecule has 4 heteroatoms. The molecule has 1 amide bonds. The van der Waals surface area contributed by atoms with Crippen molar-refractivity contribution in [2.45, 2.75) is 31.9 Å². The maximum absolute atomic E-state index is 12.0. The van der Waals surface area contributed by atoms with Crippen LogP contribution < -0.4 is 5.32 Å². The Bertz CT molecular complexity index is 366. The topological polar surface area (TPSA) is 52.6 Å². The fourth-order valence-corrected chi connectivity index (χ4v) is 2.11. The summed E-state index contributed by atoms with van der Waals surface area (Å²) < 4.78 is 0. The van der Waals surface area contributed by atoms with Gasteiger partial charge in [-0.3, -0.25) is 4.79 Å². The SMILES string of the molecule is C=C/C=C\C(=C/C)[C@@H](O)C(=O)NC1CCN(C)CC1. The van der Waals surface area contributed by atoms with Gasteiger partial charge in [0, 0.05) is 6.04 Å². The molecule has 0 aromatic carbocycles. The molecule has 0 unspecified atom stereocenters. The maximum Gasteiger partial charge on any atom is 0.253 e. The molecule has 1 heterocycles. The highest BCUT2D eigenvalue weighted by atomic mass is 16.3. The summed E-state index contributed by atoms with van der Waals surface area (Å²) >= 11 is 0. The first-order valence-corrected chi connectivity index (χ1v) is 6.70. The van der Waals surface area contributed by atoms with E-state index >= 15 is 0 Å². The standard InChI is InChI=1S/C15H24N2O2/c1-4-6-7-12(5-2)14(18)15(19)16-13-8-10-17(3)11-9-13/h4-7,13-14,18H,1,8-11H2,2-3H3,(H,16,19)/b7-6-,12-5+/t14-/m1/s1. The number of nitrogens with zero attached hydrogens (tertiary/aromatic N) is 1. The summed E-state index contributed by atoms with van der Waals surface area (Å²) in [7, 11) is 2.07. The van der Waals surface area contributed by atoms with E-state index in [2.05, 4.69) is 23.8 Å². The van der Waals surface area contributed by atoms with Crippen molar-refractivity contribution in [3.05, 3.63) is 36.5 Å². The minimum Gasteiger partial charge on any atom is -0.378 e. The molecule has 0 spiro atoms. The van der Waals surface area contributed by atoms with Crippen molar-refractivity contribution < 1.29 is 9.90 Å². The van der Waals surface area contributed by atoms with Crippen LogP contribution in [-0.4, -0.2) is 48.2 Å². The number of aliphatic hydroxyl groups is 1. The van der Waals surface area contributed by atoms with Gasteiger partial charge in [-0.15, -0.1) is 0 Å². The Morgan fingerprint density at radius 3 is 2.63 bits per heavy atom. The number of likely N-dealkylation sites (tertiary alicyclic amines) is 1. The lowest BCUT2D eigenvalue weighted by Crippen LogP contribution is -2.47. The van der Waals surface area contributed by atoms with Crippen LogP contribution in [0.4, 0.5) is 0 Å². The molecule has 1 aliphatic rings. The van der Waals surface area contributed by atoms with Crippen molar-refractivity contribution >= 4 is 5.91 Å². The van der Waals surface area contributed by atoms with Crippen molar-refractivity contribution in [2.24, 2.45) is 0 Å². The second kappa shape index (κ2) is 7.92. The third-order valence-corrected chi connectivity index (χ3v) is 3.39. The molecule has 0 aromatic heterocycles. The van der Waals surface area contributed by atoms with Crippen LogP contribution in [0.25, 0.3) is 0 Å². The summed E-state index contributed by atoms with van der Waals surface area (Å²) in [4.78, 5) is 14.2. The van der Waals surface area contributed by atoms with E-state index in [0.717, 1.165) is 25.9 Å². The number of aliphatic hydroxyl groups excluding tert-OH is 1. The zero-order chi connectivity index (χ0) is 14.3. The number of hydrogen-bond donors (Lipinski definition) is 2. The first kappa shape index (κ1) is 15.7. The summed E-state index contributed by atoms with van der Waals surface area (Å²) in [6, 6.07) is 0.167. The molecule has 0 saturated carbocycles. The highest BCUT2D eigenvalue weighted by molar-refractivity contribution is 5.84. The molecule has 4 nitrogen and oxygen atoms in total. The molecule has 0 aliphatic carbocycles. The maximum atomic E-state index is 12.0. The molecule has 1 aliphatic heterocycles. The Kier molecular flexibility index (Phi) is 6.53. The van der Waals surface area contributed by atoms with Gasteiger partial charge in [-0.2, -0.15) is 0 Å². The molecule has 0 radical (unpaired) electrons. The number of rotatable bonds is 5. The average Bonchev–Trinajstić information content (AvgIpc) is 2.42. The first-order chi connectivity index (χ1) is 9.08. The van der Waals surface area contributed by atoms with E-state index in [1.807, 2.05) is 0 Å². The van der Waals surface area contributed by atoms with Gasteiger partial charge in [-0.1, -0.05) is 30.9 Å². The van der Waals surface area contributed by atoms with Crippen molar-refractivity contribution in [3.63, 3.8) is 0 Å². The van der Waals surface area contributed by atoms with Gasteiger partial charge >= 0.3 is 0 Å². The van der Waals surface area contributed by atoms with E-state index in [1.54, 1.807) is 31.2 Å². The third kappa shape index (κ3) is 5.01. The Balaban J connectivity index is 2.52. The smallest absolute Gasteiger partial charge is 0.253 e.